The minimum atomic E-state index is 0.449. The summed E-state index contributed by atoms with van der Waals surface area (Å²) in [6.07, 6.45) is 1.46. The van der Waals surface area contributed by atoms with Crippen molar-refractivity contribution in [1.82, 2.24) is 9.97 Å². The fraction of sp³-hybridized carbons (Fsp3) is 0.0588. The van der Waals surface area contributed by atoms with Crippen molar-refractivity contribution in [3.8, 4) is 0 Å². The summed E-state index contributed by atoms with van der Waals surface area (Å²) in [5.41, 5.74) is 8.48. The van der Waals surface area contributed by atoms with Gasteiger partial charge in [-0.3, -0.25) is 0 Å². The zero-order valence-electron chi connectivity index (χ0n) is 12.6. The van der Waals surface area contributed by atoms with E-state index in [-0.39, 0.29) is 0 Å². The summed E-state index contributed by atoms with van der Waals surface area (Å²) in [4.78, 5) is 8.41. The molecule has 0 aliphatic heterocycles. The average molecular weight is 405 g/mol. The van der Waals surface area contributed by atoms with E-state index in [0.29, 0.717) is 28.9 Å². The Balaban J connectivity index is 1.77. The van der Waals surface area contributed by atoms with Crippen LogP contribution in [0, 0.1) is 0 Å². The predicted molar refractivity (Wildman–Crippen MR) is 103 cm³/mol. The molecule has 0 saturated heterocycles. The van der Waals surface area contributed by atoms with Gasteiger partial charge >= 0.3 is 0 Å². The molecule has 2 aromatic carbocycles. The summed E-state index contributed by atoms with van der Waals surface area (Å²) in [7, 11) is 0. The number of benzene rings is 2. The number of hydrogen-bond donors (Lipinski definition) is 3. The first kappa shape index (κ1) is 16.5. The van der Waals surface area contributed by atoms with Gasteiger partial charge in [0.2, 0.25) is 0 Å². The van der Waals surface area contributed by atoms with Crippen LogP contribution in [0.25, 0.3) is 0 Å². The van der Waals surface area contributed by atoms with E-state index in [4.69, 9.17) is 17.3 Å². The lowest BCUT2D eigenvalue weighted by molar-refractivity contribution is 1.09. The van der Waals surface area contributed by atoms with Crippen LogP contribution in [0.3, 0.4) is 0 Å². The fourth-order valence-electron chi connectivity index (χ4n) is 2.16. The normalized spacial score (nSPS) is 10.4. The van der Waals surface area contributed by atoms with Crippen molar-refractivity contribution in [2.45, 2.75) is 6.54 Å². The highest BCUT2D eigenvalue weighted by Crippen LogP contribution is 2.27. The van der Waals surface area contributed by atoms with Crippen LogP contribution in [0.5, 0.6) is 0 Å². The number of halogens is 2. The zero-order valence-corrected chi connectivity index (χ0v) is 15.0. The van der Waals surface area contributed by atoms with E-state index in [9.17, 15) is 0 Å². The van der Waals surface area contributed by atoms with Crippen LogP contribution in [0.4, 0.5) is 23.0 Å². The summed E-state index contributed by atoms with van der Waals surface area (Å²) in [5, 5.41) is 7.09. The molecule has 0 aliphatic rings. The van der Waals surface area contributed by atoms with Gasteiger partial charge in [0.1, 0.15) is 12.0 Å². The Morgan fingerprint density at radius 2 is 1.83 bits per heavy atom. The van der Waals surface area contributed by atoms with Crippen LogP contribution in [-0.2, 0) is 6.54 Å². The molecule has 0 aliphatic carbocycles. The zero-order chi connectivity index (χ0) is 16.9. The lowest BCUT2D eigenvalue weighted by Gasteiger charge is -2.13. The molecule has 7 heteroatoms. The molecule has 0 amide bonds. The number of hydrogen-bond acceptors (Lipinski definition) is 5. The summed E-state index contributed by atoms with van der Waals surface area (Å²) in [5.74, 6) is 1.10. The van der Waals surface area contributed by atoms with E-state index in [2.05, 4.69) is 36.5 Å². The van der Waals surface area contributed by atoms with Gasteiger partial charge in [-0.25, -0.2) is 9.97 Å². The van der Waals surface area contributed by atoms with Crippen LogP contribution < -0.4 is 16.4 Å². The van der Waals surface area contributed by atoms with E-state index in [0.717, 1.165) is 15.7 Å². The second-order valence-corrected chi connectivity index (χ2v) is 6.39. The lowest BCUT2D eigenvalue weighted by Crippen LogP contribution is -2.08. The molecule has 1 heterocycles. The van der Waals surface area contributed by atoms with E-state index >= 15 is 0 Å². The number of nitrogens with one attached hydrogen (secondary N) is 2. The Hall–Kier alpha value is -2.31. The van der Waals surface area contributed by atoms with Crippen LogP contribution >= 0.6 is 27.5 Å². The highest BCUT2D eigenvalue weighted by atomic mass is 79.9. The van der Waals surface area contributed by atoms with Crippen molar-refractivity contribution in [2.75, 3.05) is 16.4 Å². The third-order valence-electron chi connectivity index (χ3n) is 3.38. The van der Waals surface area contributed by atoms with Crippen molar-refractivity contribution in [1.29, 1.82) is 0 Å². The maximum Gasteiger partial charge on any atom is 0.159 e. The second kappa shape index (κ2) is 7.51. The van der Waals surface area contributed by atoms with Crippen LogP contribution in [0.1, 0.15) is 5.56 Å². The van der Waals surface area contributed by atoms with Crippen molar-refractivity contribution >= 4 is 50.5 Å². The molecule has 3 aromatic rings. The first-order chi connectivity index (χ1) is 11.6. The smallest absolute Gasteiger partial charge is 0.159 e. The van der Waals surface area contributed by atoms with E-state index < -0.39 is 0 Å². The standard InChI is InChI=1S/C17H15BrClN5/c18-12-5-3-6-13(8-12)24-17-15(20)16(22-10-23-17)21-9-11-4-1-2-7-14(11)19/h1-8,10H,9,20H2,(H2,21,22,23,24). The molecule has 0 spiro atoms. The highest BCUT2D eigenvalue weighted by molar-refractivity contribution is 9.10. The summed E-state index contributed by atoms with van der Waals surface area (Å²) in [6, 6.07) is 15.4. The van der Waals surface area contributed by atoms with Crippen molar-refractivity contribution in [2.24, 2.45) is 0 Å². The molecular formula is C17H15BrClN5. The van der Waals surface area contributed by atoms with E-state index in [1.807, 2.05) is 48.5 Å². The molecule has 122 valence electrons. The largest absolute Gasteiger partial charge is 0.393 e. The average Bonchev–Trinajstić information content (AvgIpc) is 2.57. The third-order valence-corrected chi connectivity index (χ3v) is 4.24. The third kappa shape index (κ3) is 3.96. The molecule has 3 rings (SSSR count). The van der Waals surface area contributed by atoms with Gasteiger partial charge in [0, 0.05) is 21.7 Å². The SMILES string of the molecule is Nc1c(NCc2ccccc2Cl)ncnc1Nc1cccc(Br)c1. The minimum absolute atomic E-state index is 0.449. The van der Waals surface area contributed by atoms with Crippen molar-refractivity contribution in [3.05, 3.63) is 69.9 Å². The Morgan fingerprint density at radius 1 is 1.04 bits per heavy atom. The molecule has 0 atom stereocenters. The Morgan fingerprint density at radius 3 is 2.62 bits per heavy atom. The van der Waals surface area contributed by atoms with Crippen LogP contribution in [0.2, 0.25) is 5.02 Å². The Bertz CT molecular complexity index is 856. The molecule has 4 N–H and O–H groups in total. The molecule has 0 unspecified atom stereocenters. The van der Waals surface area contributed by atoms with Gasteiger partial charge in [0.15, 0.2) is 11.6 Å². The van der Waals surface area contributed by atoms with Gasteiger partial charge in [-0.15, -0.1) is 0 Å². The molecule has 24 heavy (non-hydrogen) atoms. The van der Waals surface area contributed by atoms with Gasteiger partial charge in [0.05, 0.1) is 0 Å². The second-order valence-electron chi connectivity index (χ2n) is 5.06. The van der Waals surface area contributed by atoms with Crippen LogP contribution in [-0.4, -0.2) is 9.97 Å². The van der Waals surface area contributed by atoms with Crippen molar-refractivity contribution in [3.63, 3.8) is 0 Å². The Kier molecular flexibility index (Phi) is 5.17. The molecule has 5 nitrogen and oxygen atoms in total. The molecule has 0 fully saturated rings. The van der Waals surface area contributed by atoms with Gasteiger partial charge < -0.3 is 16.4 Å². The quantitative estimate of drug-likeness (QED) is 0.568. The van der Waals surface area contributed by atoms with Gasteiger partial charge in [-0.2, -0.15) is 0 Å². The fourth-order valence-corrected chi connectivity index (χ4v) is 2.76. The predicted octanol–water partition coefficient (Wildman–Crippen LogP) is 4.83. The monoisotopic (exact) mass is 403 g/mol. The number of nitrogens with two attached hydrogens (primary N) is 1. The molecule has 1 aromatic heterocycles. The number of nitrogens with zero attached hydrogens (tertiary/aromatic N) is 2. The lowest BCUT2D eigenvalue weighted by atomic mass is 10.2. The van der Waals surface area contributed by atoms with E-state index in [1.54, 1.807) is 0 Å². The van der Waals surface area contributed by atoms with Gasteiger partial charge in [0.25, 0.3) is 0 Å². The first-order valence-electron chi connectivity index (χ1n) is 7.24. The van der Waals surface area contributed by atoms with Crippen LogP contribution in [0.15, 0.2) is 59.3 Å². The topological polar surface area (TPSA) is 75.9 Å². The molecule has 0 bridgehead atoms. The number of rotatable bonds is 5. The van der Waals surface area contributed by atoms with Gasteiger partial charge in [-0.05, 0) is 29.8 Å². The summed E-state index contributed by atoms with van der Waals surface area (Å²) < 4.78 is 0.970. The number of aromatic nitrogens is 2. The number of anilines is 4. The van der Waals surface area contributed by atoms with E-state index in [1.165, 1.54) is 6.33 Å². The maximum atomic E-state index is 6.18. The molecular weight excluding hydrogens is 390 g/mol. The number of nitrogen functional groups attached to an aromatic ring is 1. The van der Waals surface area contributed by atoms with Gasteiger partial charge in [-0.1, -0.05) is 51.8 Å². The first-order valence-corrected chi connectivity index (χ1v) is 8.41. The maximum absolute atomic E-state index is 6.18. The Labute approximate surface area is 153 Å². The molecule has 0 saturated carbocycles. The highest BCUT2D eigenvalue weighted by Gasteiger charge is 2.09. The molecule has 0 radical (unpaired) electrons. The van der Waals surface area contributed by atoms with Crippen molar-refractivity contribution < 1.29 is 0 Å². The minimum Gasteiger partial charge on any atom is -0.393 e. The summed E-state index contributed by atoms with van der Waals surface area (Å²) >= 11 is 9.60. The summed E-state index contributed by atoms with van der Waals surface area (Å²) in [6.45, 7) is 0.525.